The molecule has 1 aliphatic carbocycles. The molecule has 1 atom stereocenters. The van der Waals surface area contributed by atoms with Gasteiger partial charge in [0.25, 0.3) is 0 Å². The van der Waals surface area contributed by atoms with Crippen LogP contribution in [0, 0.1) is 11.8 Å². The Morgan fingerprint density at radius 2 is 2.00 bits per heavy atom. The van der Waals surface area contributed by atoms with Gasteiger partial charge in [-0.05, 0) is 31.6 Å². The lowest BCUT2D eigenvalue weighted by Gasteiger charge is -2.27. The highest BCUT2D eigenvalue weighted by molar-refractivity contribution is 5.79. The smallest absolute Gasteiger partial charge is 0.191 e. The van der Waals surface area contributed by atoms with Gasteiger partial charge in [0.15, 0.2) is 5.96 Å². The minimum absolute atomic E-state index is 0.285. The Balaban J connectivity index is 2.23. The Morgan fingerprint density at radius 3 is 2.56 bits per heavy atom. The number of nitrogens with zero attached hydrogens (tertiary/aromatic N) is 1. The number of hydrogen-bond donors (Lipinski definition) is 2. The average molecular weight is 255 g/mol. The fraction of sp³-hybridized carbons (Fsp3) is 0.929. The van der Waals surface area contributed by atoms with E-state index in [1.165, 1.54) is 25.7 Å². The highest BCUT2D eigenvalue weighted by Gasteiger charge is 2.18. The van der Waals surface area contributed by atoms with Gasteiger partial charge in [-0.15, -0.1) is 0 Å². The van der Waals surface area contributed by atoms with Crippen LogP contribution < -0.4 is 10.6 Å². The van der Waals surface area contributed by atoms with Crippen LogP contribution >= 0.6 is 0 Å². The topological polar surface area (TPSA) is 45.7 Å². The number of rotatable bonds is 5. The Labute approximate surface area is 112 Å². The van der Waals surface area contributed by atoms with E-state index in [1.807, 2.05) is 7.05 Å². The summed E-state index contributed by atoms with van der Waals surface area (Å²) in [4.78, 5) is 4.25. The molecule has 0 aromatic heterocycles. The first-order valence-corrected chi connectivity index (χ1v) is 7.11. The molecule has 18 heavy (non-hydrogen) atoms. The van der Waals surface area contributed by atoms with Gasteiger partial charge in [0.05, 0.1) is 6.61 Å². The zero-order valence-corrected chi connectivity index (χ0v) is 12.3. The van der Waals surface area contributed by atoms with E-state index in [9.17, 15) is 0 Å². The summed E-state index contributed by atoms with van der Waals surface area (Å²) in [5, 5.41) is 6.76. The van der Waals surface area contributed by atoms with Crippen LogP contribution in [0.3, 0.4) is 0 Å². The predicted molar refractivity (Wildman–Crippen MR) is 77.0 cm³/mol. The third-order valence-electron chi connectivity index (χ3n) is 3.72. The Kier molecular flexibility index (Phi) is 7.09. The summed E-state index contributed by atoms with van der Waals surface area (Å²) in [7, 11) is 3.54. The van der Waals surface area contributed by atoms with Crippen LogP contribution in [0.2, 0.25) is 0 Å². The van der Waals surface area contributed by atoms with Crippen molar-refractivity contribution in [2.75, 3.05) is 27.3 Å². The van der Waals surface area contributed by atoms with Gasteiger partial charge >= 0.3 is 0 Å². The molecule has 4 heteroatoms. The maximum Gasteiger partial charge on any atom is 0.191 e. The van der Waals surface area contributed by atoms with Crippen molar-refractivity contribution in [3.8, 4) is 0 Å². The second-order valence-electron chi connectivity index (χ2n) is 5.58. The lowest BCUT2D eigenvalue weighted by molar-refractivity contribution is 0.179. The zero-order chi connectivity index (χ0) is 13.4. The molecule has 0 radical (unpaired) electrons. The second kappa shape index (κ2) is 8.35. The number of aliphatic imine (C=N–C) groups is 1. The summed E-state index contributed by atoms with van der Waals surface area (Å²) in [6.45, 7) is 6.18. The van der Waals surface area contributed by atoms with Gasteiger partial charge in [0.2, 0.25) is 0 Å². The normalized spacial score (nSPS) is 26.8. The maximum atomic E-state index is 5.11. The van der Waals surface area contributed by atoms with Gasteiger partial charge in [0, 0.05) is 26.7 Å². The van der Waals surface area contributed by atoms with Crippen LogP contribution in [0.1, 0.15) is 39.5 Å². The third-order valence-corrected chi connectivity index (χ3v) is 3.72. The van der Waals surface area contributed by atoms with Crippen LogP contribution in [0.25, 0.3) is 0 Å². The van der Waals surface area contributed by atoms with Crippen molar-refractivity contribution in [1.29, 1.82) is 0 Å². The second-order valence-corrected chi connectivity index (χ2v) is 5.58. The Hall–Kier alpha value is -0.770. The van der Waals surface area contributed by atoms with Crippen LogP contribution in [0.4, 0.5) is 0 Å². The molecule has 0 heterocycles. The lowest BCUT2D eigenvalue weighted by Crippen LogP contribution is -2.45. The molecular formula is C14H29N3O. The molecule has 2 N–H and O–H groups in total. The number of nitrogens with one attached hydrogen (secondary N) is 2. The van der Waals surface area contributed by atoms with E-state index in [4.69, 9.17) is 4.74 Å². The van der Waals surface area contributed by atoms with E-state index in [0.29, 0.717) is 6.61 Å². The number of guanidine groups is 1. The van der Waals surface area contributed by atoms with E-state index >= 15 is 0 Å². The number of ether oxygens (including phenoxy) is 1. The zero-order valence-electron chi connectivity index (χ0n) is 12.3. The average Bonchev–Trinajstić information content (AvgIpc) is 2.36. The van der Waals surface area contributed by atoms with Crippen molar-refractivity contribution in [3.63, 3.8) is 0 Å². The van der Waals surface area contributed by atoms with Crippen molar-refractivity contribution in [2.24, 2.45) is 16.8 Å². The van der Waals surface area contributed by atoms with Crippen molar-refractivity contribution in [3.05, 3.63) is 0 Å². The SMILES string of the molecule is CN=C(NCC1CCC(C)CC1)NC(C)COC. The fourth-order valence-corrected chi connectivity index (χ4v) is 2.49. The highest BCUT2D eigenvalue weighted by atomic mass is 16.5. The Morgan fingerprint density at radius 1 is 1.33 bits per heavy atom. The third kappa shape index (κ3) is 5.71. The molecule has 0 aliphatic heterocycles. The molecule has 0 saturated heterocycles. The standard InChI is InChI=1S/C14H29N3O/c1-11-5-7-13(8-6-11)9-16-14(15-3)17-12(2)10-18-4/h11-13H,5-10H2,1-4H3,(H2,15,16,17). The summed E-state index contributed by atoms with van der Waals surface area (Å²) in [5.41, 5.74) is 0. The fourth-order valence-electron chi connectivity index (χ4n) is 2.49. The van der Waals surface area contributed by atoms with Crippen molar-refractivity contribution >= 4 is 5.96 Å². The van der Waals surface area contributed by atoms with Gasteiger partial charge in [0.1, 0.15) is 0 Å². The van der Waals surface area contributed by atoms with Gasteiger partial charge in [-0.25, -0.2) is 0 Å². The molecular weight excluding hydrogens is 226 g/mol. The lowest BCUT2D eigenvalue weighted by atomic mass is 9.83. The highest BCUT2D eigenvalue weighted by Crippen LogP contribution is 2.27. The number of methoxy groups -OCH3 is 1. The maximum absolute atomic E-state index is 5.11. The molecule has 1 unspecified atom stereocenters. The minimum Gasteiger partial charge on any atom is -0.383 e. The first-order valence-electron chi connectivity index (χ1n) is 7.11. The first-order chi connectivity index (χ1) is 8.65. The summed E-state index contributed by atoms with van der Waals surface area (Å²) in [5.74, 6) is 2.61. The molecule has 1 rings (SSSR count). The predicted octanol–water partition coefficient (Wildman–Crippen LogP) is 2.01. The van der Waals surface area contributed by atoms with E-state index in [0.717, 1.165) is 24.3 Å². The Bertz CT molecular complexity index is 247. The van der Waals surface area contributed by atoms with Crippen LogP contribution in [0.15, 0.2) is 4.99 Å². The van der Waals surface area contributed by atoms with Gasteiger partial charge < -0.3 is 15.4 Å². The molecule has 0 spiro atoms. The van der Waals surface area contributed by atoms with Crippen molar-refractivity contribution < 1.29 is 4.74 Å². The van der Waals surface area contributed by atoms with Crippen molar-refractivity contribution in [2.45, 2.75) is 45.6 Å². The van der Waals surface area contributed by atoms with Crippen LogP contribution in [-0.4, -0.2) is 39.3 Å². The van der Waals surface area contributed by atoms with E-state index in [1.54, 1.807) is 7.11 Å². The monoisotopic (exact) mass is 255 g/mol. The van der Waals surface area contributed by atoms with Gasteiger partial charge in [-0.2, -0.15) is 0 Å². The molecule has 0 aromatic rings. The molecule has 1 fully saturated rings. The summed E-state index contributed by atoms with van der Waals surface area (Å²) in [6.07, 6.45) is 5.44. The largest absolute Gasteiger partial charge is 0.383 e. The van der Waals surface area contributed by atoms with E-state index in [-0.39, 0.29) is 6.04 Å². The van der Waals surface area contributed by atoms with Crippen LogP contribution in [0.5, 0.6) is 0 Å². The van der Waals surface area contributed by atoms with E-state index < -0.39 is 0 Å². The summed E-state index contributed by atoms with van der Waals surface area (Å²) in [6, 6.07) is 0.285. The molecule has 0 amide bonds. The molecule has 106 valence electrons. The van der Waals surface area contributed by atoms with Crippen molar-refractivity contribution in [1.82, 2.24) is 10.6 Å². The molecule has 4 nitrogen and oxygen atoms in total. The van der Waals surface area contributed by atoms with E-state index in [2.05, 4.69) is 29.5 Å². The minimum atomic E-state index is 0.285. The molecule has 1 saturated carbocycles. The van der Waals surface area contributed by atoms with Crippen LogP contribution in [-0.2, 0) is 4.74 Å². The first kappa shape index (κ1) is 15.3. The quantitative estimate of drug-likeness (QED) is 0.583. The molecule has 0 bridgehead atoms. The van der Waals surface area contributed by atoms with Gasteiger partial charge in [-0.3, -0.25) is 4.99 Å². The number of hydrogen-bond acceptors (Lipinski definition) is 2. The van der Waals surface area contributed by atoms with Gasteiger partial charge in [-0.1, -0.05) is 19.8 Å². The molecule has 1 aliphatic rings. The summed E-state index contributed by atoms with van der Waals surface area (Å²) < 4.78 is 5.11. The molecule has 0 aromatic carbocycles. The summed E-state index contributed by atoms with van der Waals surface area (Å²) >= 11 is 0.